The van der Waals surface area contributed by atoms with Crippen molar-refractivity contribution in [3.63, 3.8) is 0 Å². The van der Waals surface area contributed by atoms with Gasteiger partial charge in [0.15, 0.2) is 5.78 Å². The second kappa shape index (κ2) is 10.4. The van der Waals surface area contributed by atoms with E-state index in [0.717, 1.165) is 12.8 Å². The fourth-order valence-corrected chi connectivity index (χ4v) is 4.18. The van der Waals surface area contributed by atoms with E-state index in [0.29, 0.717) is 28.8 Å². The summed E-state index contributed by atoms with van der Waals surface area (Å²) in [5.41, 5.74) is 1.27. The van der Waals surface area contributed by atoms with Crippen molar-refractivity contribution in [1.29, 1.82) is 0 Å². The van der Waals surface area contributed by atoms with Crippen LogP contribution < -0.4 is 10.6 Å². The van der Waals surface area contributed by atoms with Gasteiger partial charge in [-0.25, -0.2) is 4.39 Å². The molecule has 0 unspecified atom stereocenters. The third-order valence-electron chi connectivity index (χ3n) is 5.95. The van der Waals surface area contributed by atoms with Crippen LogP contribution in [-0.2, 0) is 22.7 Å². The number of hydrogen-bond acceptors (Lipinski definition) is 4. The van der Waals surface area contributed by atoms with Crippen molar-refractivity contribution in [2.24, 2.45) is 5.92 Å². The molecule has 2 amide bonds. The second-order valence-electron chi connectivity index (χ2n) is 8.50. The lowest BCUT2D eigenvalue weighted by molar-refractivity contribution is -0.129. The molecule has 2 aromatic carbocycles. The molecule has 1 heterocycles. The van der Waals surface area contributed by atoms with Crippen LogP contribution >= 0.6 is 11.6 Å². The second-order valence-corrected chi connectivity index (χ2v) is 8.91. The van der Waals surface area contributed by atoms with Gasteiger partial charge in [0.25, 0.3) is 0 Å². The number of hydrogen-bond donors (Lipinski definition) is 3. The van der Waals surface area contributed by atoms with E-state index >= 15 is 0 Å². The number of carbonyl (C=O) groups excluding carboxylic acids is 3. The Morgan fingerprint density at radius 3 is 2.65 bits per heavy atom. The molecule has 1 aliphatic carbocycles. The predicted octanol–water partition coefficient (Wildman–Crippen LogP) is 3.21. The predicted molar refractivity (Wildman–Crippen MR) is 126 cm³/mol. The van der Waals surface area contributed by atoms with E-state index in [1.807, 2.05) is 0 Å². The summed E-state index contributed by atoms with van der Waals surface area (Å²) in [6, 6.07) is 10.9. The van der Waals surface area contributed by atoms with E-state index in [2.05, 4.69) is 10.6 Å². The quantitative estimate of drug-likeness (QED) is 0.384. The van der Waals surface area contributed by atoms with Crippen molar-refractivity contribution < 1.29 is 23.9 Å². The molecule has 1 aromatic heterocycles. The molecule has 7 nitrogen and oxygen atoms in total. The van der Waals surface area contributed by atoms with Gasteiger partial charge in [0.05, 0.1) is 5.02 Å². The third-order valence-corrected chi connectivity index (χ3v) is 6.24. The minimum atomic E-state index is -0.761. The van der Waals surface area contributed by atoms with Crippen molar-refractivity contribution in [3.05, 3.63) is 70.6 Å². The Kier molecular flexibility index (Phi) is 7.29. The highest BCUT2D eigenvalue weighted by atomic mass is 35.5. The molecule has 9 heteroatoms. The van der Waals surface area contributed by atoms with E-state index in [4.69, 9.17) is 11.6 Å². The Labute approximate surface area is 200 Å². The molecule has 0 spiro atoms. The number of amides is 2. The number of aromatic nitrogens is 1. The van der Waals surface area contributed by atoms with Crippen LogP contribution in [0, 0.1) is 11.7 Å². The molecule has 0 bridgehead atoms. The average Bonchev–Trinajstić information content (AvgIpc) is 3.58. The number of Topliss-reactive ketones (excluding diaryl/α,β-unsaturated/α-hetero) is 1. The summed E-state index contributed by atoms with van der Waals surface area (Å²) in [6.07, 6.45) is 4.03. The maximum atomic E-state index is 14.1. The summed E-state index contributed by atoms with van der Waals surface area (Å²) in [5, 5.41) is 15.4. The fraction of sp³-hybridized carbons (Fsp3) is 0.320. The zero-order chi connectivity index (χ0) is 24.2. The number of halogens is 2. The minimum absolute atomic E-state index is 0.0208. The van der Waals surface area contributed by atoms with Gasteiger partial charge in [-0.2, -0.15) is 0 Å². The number of nitrogens with zero attached hydrogens (tertiary/aromatic N) is 1. The highest BCUT2D eigenvalue weighted by Gasteiger charge is 2.30. The number of rotatable bonds is 10. The van der Waals surface area contributed by atoms with E-state index < -0.39 is 36.1 Å². The van der Waals surface area contributed by atoms with E-state index in [-0.39, 0.29) is 23.7 Å². The highest BCUT2D eigenvalue weighted by Crippen LogP contribution is 2.33. The summed E-state index contributed by atoms with van der Waals surface area (Å²) in [6.45, 7) is -0.773. The van der Waals surface area contributed by atoms with Crippen LogP contribution in [0.3, 0.4) is 0 Å². The Hall–Kier alpha value is -3.23. The van der Waals surface area contributed by atoms with Crippen LogP contribution in [0.4, 0.5) is 4.39 Å². The molecular weight excluding hydrogens is 461 g/mol. The van der Waals surface area contributed by atoms with Crippen LogP contribution in [-0.4, -0.2) is 39.9 Å². The van der Waals surface area contributed by atoms with Gasteiger partial charge in [-0.15, -0.1) is 0 Å². The maximum Gasteiger partial charge on any atom is 0.242 e. The summed E-state index contributed by atoms with van der Waals surface area (Å²) in [4.78, 5) is 37.8. The van der Waals surface area contributed by atoms with Crippen LogP contribution in [0.2, 0.25) is 5.02 Å². The number of nitrogens with one attached hydrogen (secondary N) is 2. The van der Waals surface area contributed by atoms with Crippen LogP contribution in [0.25, 0.3) is 10.9 Å². The van der Waals surface area contributed by atoms with Gasteiger partial charge in [-0.1, -0.05) is 54.8 Å². The SMILES string of the molecule is O=C(Cn1cc(C(=O)CO)c2ccccc21)N[C@@H](CC1CC1)C(=O)NCc1cccc(Cl)c1F. The molecule has 1 fully saturated rings. The third kappa shape index (κ3) is 5.46. The Morgan fingerprint density at radius 2 is 1.91 bits per heavy atom. The molecule has 34 heavy (non-hydrogen) atoms. The Bertz CT molecular complexity index is 1240. The standard InChI is InChI=1S/C25H25ClFN3O4/c26-19-6-3-4-16(24(19)27)11-28-25(34)20(10-15-8-9-15)29-23(33)13-30-12-18(22(32)14-31)17-5-1-2-7-21(17)30/h1-7,12,15,20,31H,8-11,13-14H2,(H,28,34)(H,29,33)/t20-/m0/s1. The van der Waals surface area contributed by atoms with Crippen LogP contribution in [0.1, 0.15) is 35.2 Å². The number of ketones is 1. The molecule has 1 saturated carbocycles. The first-order valence-electron chi connectivity index (χ1n) is 11.1. The first-order chi connectivity index (χ1) is 16.4. The molecule has 0 saturated heterocycles. The van der Waals surface area contributed by atoms with Gasteiger partial charge >= 0.3 is 0 Å². The zero-order valence-electron chi connectivity index (χ0n) is 18.4. The van der Waals surface area contributed by atoms with Crippen molar-refractivity contribution >= 4 is 40.1 Å². The summed E-state index contributed by atoms with van der Waals surface area (Å²) in [7, 11) is 0. The monoisotopic (exact) mass is 485 g/mol. The van der Waals surface area contributed by atoms with Crippen LogP contribution in [0.5, 0.6) is 0 Å². The first-order valence-corrected chi connectivity index (χ1v) is 11.5. The molecule has 0 radical (unpaired) electrons. The number of fused-ring (bicyclic) bond motifs is 1. The van der Waals surface area contributed by atoms with Gasteiger partial charge in [0, 0.05) is 34.8 Å². The molecule has 4 rings (SSSR count). The van der Waals surface area contributed by atoms with E-state index in [1.165, 1.54) is 6.07 Å². The highest BCUT2D eigenvalue weighted by molar-refractivity contribution is 6.30. The van der Waals surface area contributed by atoms with Crippen molar-refractivity contribution in [3.8, 4) is 0 Å². The molecule has 1 aliphatic rings. The fourth-order valence-electron chi connectivity index (χ4n) is 3.99. The van der Waals surface area contributed by atoms with E-state index in [1.54, 1.807) is 47.2 Å². The molecule has 3 N–H and O–H groups in total. The topological polar surface area (TPSA) is 100 Å². The van der Waals surface area contributed by atoms with Crippen LogP contribution in [0.15, 0.2) is 48.7 Å². The molecule has 1 atom stereocenters. The Morgan fingerprint density at radius 1 is 1.15 bits per heavy atom. The number of aliphatic hydroxyl groups excluding tert-OH is 1. The van der Waals surface area contributed by atoms with Gasteiger partial charge in [-0.05, 0) is 24.5 Å². The lowest BCUT2D eigenvalue weighted by Gasteiger charge is -2.19. The molecule has 178 valence electrons. The molecule has 0 aliphatic heterocycles. The summed E-state index contributed by atoms with van der Waals surface area (Å²) < 4.78 is 15.8. The lowest BCUT2D eigenvalue weighted by atomic mass is 10.1. The number of benzene rings is 2. The summed E-state index contributed by atoms with van der Waals surface area (Å²) in [5.74, 6) is -1.44. The van der Waals surface area contributed by atoms with Crippen molar-refractivity contribution in [2.45, 2.75) is 38.4 Å². The minimum Gasteiger partial charge on any atom is -0.388 e. The number of aliphatic hydroxyl groups is 1. The largest absolute Gasteiger partial charge is 0.388 e. The van der Waals surface area contributed by atoms with Crippen molar-refractivity contribution in [2.75, 3.05) is 6.61 Å². The zero-order valence-corrected chi connectivity index (χ0v) is 19.1. The van der Waals surface area contributed by atoms with Gasteiger partial charge in [0.2, 0.25) is 11.8 Å². The number of carbonyl (C=O) groups is 3. The van der Waals surface area contributed by atoms with E-state index in [9.17, 15) is 23.9 Å². The van der Waals surface area contributed by atoms with Gasteiger partial charge in [-0.3, -0.25) is 14.4 Å². The average molecular weight is 486 g/mol. The smallest absolute Gasteiger partial charge is 0.242 e. The Balaban J connectivity index is 1.45. The first kappa shape index (κ1) is 23.9. The van der Waals surface area contributed by atoms with Gasteiger partial charge < -0.3 is 20.3 Å². The number of para-hydroxylation sites is 1. The molecular formula is C25H25ClFN3O4. The summed E-state index contributed by atoms with van der Waals surface area (Å²) >= 11 is 5.80. The normalized spacial score (nSPS) is 14.1. The van der Waals surface area contributed by atoms with Gasteiger partial charge in [0.1, 0.15) is 25.0 Å². The lowest BCUT2D eigenvalue weighted by Crippen LogP contribution is -2.47. The maximum absolute atomic E-state index is 14.1. The van der Waals surface area contributed by atoms with Crippen molar-refractivity contribution in [1.82, 2.24) is 15.2 Å². The molecule has 3 aromatic rings.